The lowest BCUT2D eigenvalue weighted by Crippen LogP contribution is -2.18. The number of amides is 1. The fourth-order valence-electron chi connectivity index (χ4n) is 1.83. The number of aryl methyl sites for hydroxylation is 1. The second kappa shape index (κ2) is 5.57. The number of aromatic nitrogens is 2. The summed E-state index contributed by atoms with van der Waals surface area (Å²) in [6, 6.07) is 7.57. The molecule has 2 aromatic heterocycles. The first-order valence-corrected chi connectivity index (χ1v) is 6.89. The molecule has 2 aromatic rings. The first kappa shape index (κ1) is 13.8. The number of nitrogens with one attached hydrogen (secondary N) is 1. The molecule has 0 aromatic carbocycles. The average molecular weight is 322 g/mol. The number of anilines is 1. The number of hydrogen-bond donors (Lipinski definition) is 1. The summed E-state index contributed by atoms with van der Waals surface area (Å²) in [5, 5.41) is 2.82. The second-order valence-electron chi connectivity index (χ2n) is 4.61. The number of pyridine rings is 1. The van der Waals surface area contributed by atoms with Crippen LogP contribution in [0.1, 0.15) is 36.1 Å². The maximum absolute atomic E-state index is 12.2. The monoisotopic (exact) mass is 321 g/mol. The van der Waals surface area contributed by atoms with Gasteiger partial charge in [0.2, 0.25) is 0 Å². The Hall–Kier alpha value is -1.62. The number of rotatable bonds is 3. The van der Waals surface area contributed by atoms with Gasteiger partial charge in [-0.15, -0.1) is 0 Å². The van der Waals surface area contributed by atoms with Gasteiger partial charge in [0.1, 0.15) is 11.5 Å². The molecule has 0 atom stereocenters. The predicted molar refractivity (Wildman–Crippen MR) is 79.4 cm³/mol. The molecule has 19 heavy (non-hydrogen) atoms. The summed E-state index contributed by atoms with van der Waals surface area (Å²) in [6.07, 6.45) is 1.90. The van der Waals surface area contributed by atoms with E-state index in [0.29, 0.717) is 11.5 Å². The quantitative estimate of drug-likeness (QED) is 0.934. The summed E-state index contributed by atoms with van der Waals surface area (Å²) in [4.78, 5) is 16.5. The highest BCUT2D eigenvalue weighted by Gasteiger charge is 2.13. The zero-order valence-corrected chi connectivity index (χ0v) is 12.7. The zero-order valence-electron chi connectivity index (χ0n) is 11.1. The summed E-state index contributed by atoms with van der Waals surface area (Å²) in [5.41, 5.74) is 1.48. The Morgan fingerprint density at radius 2 is 2.11 bits per heavy atom. The fourth-order valence-corrected chi connectivity index (χ4v) is 2.05. The van der Waals surface area contributed by atoms with Gasteiger partial charge in [0, 0.05) is 16.7 Å². The van der Waals surface area contributed by atoms with Gasteiger partial charge in [-0.1, -0.05) is 0 Å². The first-order chi connectivity index (χ1) is 8.99. The van der Waals surface area contributed by atoms with Gasteiger partial charge in [0.05, 0.1) is 5.69 Å². The predicted octanol–water partition coefficient (Wildman–Crippen LogP) is 3.79. The Kier molecular flexibility index (Phi) is 4.04. The normalized spacial score (nSPS) is 10.8. The second-order valence-corrected chi connectivity index (χ2v) is 5.47. The van der Waals surface area contributed by atoms with Gasteiger partial charge in [-0.05, 0) is 61.0 Å². The van der Waals surface area contributed by atoms with Crippen molar-refractivity contribution >= 4 is 27.7 Å². The highest BCUT2D eigenvalue weighted by Crippen LogP contribution is 2.17. The Labute approximate surface area is 121 Å². The molecular formula is C14H16BrN3O. The standard InChI is InChI=1S/C14H16BrN3O/c1-9(2)18-8-4-5-12(18)14(19)17-13-7-6-11(15)10(3)16-13/h4-9H,1-3H3,(H,16,17,19). The van der Waals surface area contributed by atoms with E-state index in [1.807, 2.05) is 43.7 Å². The van der Waals surface area contributed by atoms with E-state index in [9.17, 15) is 4.79 Å². The topological polar surface area (TPSA) is 46.9 Å². The first-order valence-electron chi connectivity index (χ1n) is 6.10. The molecule has 0 spiro atoms. The largest absolute Gasteiger partial charge is 0.341 e. The van der Waals surface area contributed by atoms with Crippen molar-refractivity contribution in [1.29, 1.82) is 0 Å². The van der Waals surface area contributed by atoms with Gasteiger partial charge < -0.3 is 9.88 Å². The van der Waals surface area contributed by atoms with Crippen molar-refractivity contribution in [1.82, 2.24) is 9.55 Å². The van der Waals surface area contributed by atoms with Crippen LogP contribution < -0.4 is 5.32 Å². The van der Waals surface area contributed by atoms with Gasteiger partial charge in [-0.25, -0.2) is 4.98 Å². The van der Waals surface area contributed by atoms with Crippen LogP contribution in [0.3, 0.4) is 0 Å². The van der Waals surface area contributed by atoms with Gasteiger partial charge >= 0.3 is 0 Å². The molecule has 0 fully saturated rings. The minimum Gasteiger partial charge on any atom is -0.341 e. The summed E-state index contributed by atoms with van der Waals surface area (Å²) in [6.45, 7) is 5.97. The molecule has 0 radical (unpaired) electrons. The fraction of sp³-hybridized carbons (Fsp3) is 0.286. The smallest absolute Gasteiger partial charge is 0.273 e. The van der Waals surface area contributed by atoms with E-state index >= 15 is 0 Å². The highest BCUT2D eigenvalue weighted by molar-refractivity contribution is 9.10. The van der Waals surface area contributed by atoms with E-state index in [2.05, 4.69) is 26.2 Å². The van der Waals surface area contributed by atoms with E-state index in [-0.39, 0.29) is 11.9 Å². The number of carbonyl (C=O) groups is 1. The van der Waals surface area contributed by atoms with Gasteiger partial charge in [-0.2, -0.15) is 0 Å². The number of hydrogen-bond acceptors (Lipinski definition) is 2. The van der Waals surface area contributed by atoms with Crippen molar-refractivity contribution in [2.75, 3.05) is 5.32 Å². The third-order valence-electron chi connectivity index (χ3n) is 2.83. The highest BCUT2D eigenvalue weighted by atomic mass is 79.9. The molecule has 4 nitrogen and oxygen atoms in total. The maximum Gasteiger partial charge on any atom is 0.273 e. The number of halogens is 1. The van der Waals surface area contributed by atoms with Gasteiger partial charge in [0.15, 0.2) is 0 Å². The molecule has 5 heteroatoms. The third kappa shape index (κ3) is 3.04. The van der Waals surface area contributed by atoms with E-state index in [0.717, 1.165) is 10.2 Å². The number of carbonyl (C=O) groups excluding carboxylic acids is 1. The lowest BCUT2D eigenvalue weighted by atomic mass is 10.3. The summed E-state index contributed by atoms with van der Waals surface area (Å²) in [5.74, 6) is 0.412. The molecule has 0 aliphatic rings. The molecule has 0 saturated carbocycles. The van der Waals surface area contributed by atoms with Crippen LogP contribution in [-0.4, -0.2) is 15.5 Å². The molecule has 2 rings (SSSR count). The van der Waals surface area contributed by atoms with Crippen LogP contribution >= 0.6 is 15.9 Å². The number of nitrogens with zero attached hydrogens (tertiary/aromatic N) is 2. The Morgan fingerprint density at radius 1 is 1.37 bits per heavy atom. The van der Waals surface area contributed by atoms with Gasteiger partial charge in [-0.3, -0.25) is 4.79 Å². The molecule has 100 valence electrons. The van der Waals surface area contributed by atoms with Crippen LogP contribution in [0.25, 0.3) is 0 Å². The molecule has 1 N–H and O–H groups in total. The summed E-state index contributed by atoms with van der Waals surface area (Å²) < 4.78 is 2.86. The molecule has 0 aliphatic carbocycles. The molecule has 0 unspecified atom stereocenters. The van der Waals surface area contributed by atoms with Crippen molar-refractivity contribution in [3.8, 4) is 0 Å². The maximum atomic E-state index is 12.2. The van der Waals surface area contributed by atoms with E-state index in [1.54, 1.807) is 12.1 Å². The molecule has 0 aliphatic heterocycles. The Bertz CT molecular complexity index is 604. The summed E-state index contributed by atoms with van der Waals surface area (Å²) >= 11 is 3.39. The minimum atomic E-state index is -0.145. The van der Waals surface area contributed by atoms with Crippen LogP contribution in [-0.2, 0) is 0 Å². The zero-order chi connectivity index (χ0) is 14.0. The molecular weight excluding hydrogens is 306 g/mol. The van der Waals surface area contributed by atoms with Crippen molar-refractivity contribution in [3.05, 3.63) is 46.3 Å². The Balaban J connectivity index is 2.21. The third-order valence-corrected chi connectivity index (χ3v) is 3.67. The lowest BCUT2D eigenvalue weighted by Gasteiger charge is -2.12. The van der Waals surface area contributed by atoms with Crippen LogP contribution in [0.5, 0.6) is 0 Å². The van der Waals surface area contributed by atoms with Crippen LogP contribution in [0, 0.1) is 6.92 Å². The van der Waals surface area contributed by atoms with Gasteiger partial charge in [0.25, 0.3) is 5.91 Å². The van der Waals surface area contributed by atoms with Crippen molar-refractivity contribution < 1.29 is 4.79 Å². The van der Waals surface area contributed by atoms with Crippen molar-refractivity contribution in [2.24, 2.45) is 0 Å². The van der Waals surface area contributed by atoms with Crippen LogP contribution in [0.4, 0.5) is 5.82 Å². The minimum absolute atomic E-state index is 0.145. The lowest BCUT2D eigenvalue weighted by molar-refractivity contribution is 0.101. The SMILES string of the molecule is Cc1nc(NC(=O)c2cccn2C(C)C)ccc1Br. The van der Waals surface area contributed by atoms with Crippen molar-refractivity contribution in [3.63, 3.8) is 0 Å². The molecule has 2 heterocycles. The van der Waals surface area contributed by atoms with Crippen molar-refractivity contribution in [2.45, 2.75) is 26.8 Å². The molecule has 1 amide bonds. The Morgan fingerprint density at radius 3 is 2.74 bits per heavy atom. The summed E-state index contributed by atoms with van der Waals surface area (Å²) in [7, 11) is 0. The van der Waals surface area contributed by atoms with Crippen LogP contribution in [0.15, 0.2) is 34.9 Å². The average Bonchev–Trinajstić information content (AvgIpc) is 2.83. The van der Waals surface area contributed by atoms with E-state index in [1.165, 1.54) is 0 Å². The molecule has 0 saturated heterocycles. The molecule has 0 bridgehead atoms. The van der Waals surface area contributed by atoms with E-state index in [4.69, 9.17) is 0 Å². The van der Waals surface area contributed by atoms with Crippen LogP contribution in [0.2, 0.25) is 0 Å². The van der Waals surface area contributed by atoms with E-state index < -0.39 is 0 Å².